The first kappa shape index (κ1) is 10.6. The molecule has 0 aliphatic heterocycles. The minimum absolute atomic E-state index is 0.0183. The van der Waals surface area contributed by atoms with E-state index in [-0.39, 0.29) is 5.41 Å². The highest BCUT2D eigenvalue weighted by Crippen LogP contribution is 2.48. The largest absolute Gasteiger partial charge is 0.198 e. The first-order valence-electron chi connectivity index (χ1n) is 5.33. The van der Waals surface area contributed by atoms with E-state index in [1.54, 1.807) is 0 Å². The lowest BCUT2D eigenvalue weighted by Crippen LogP contribution is -2.34. The molecule has 1 nitrogen and oxygen atoms in total. The predicted octanol–water partition coefficient (Wildman–Crippen LogP) is 3.75. The normalized spacial score (nSPS) is 25.5. The molecule has 0 aromatic heterocycles. The van der Waals surface area contributed by atoms with Gasteiger partial charge in [0.25, 0.3) is 0 Å². The number of hydrogen-bond acceptors (Lipinski definition) is 1. The third-order valence-electron chi connectivity index (χ3n) is 3.82. The molecule has 1 rings (SSSR count). The van der Waals surface area contributed by atoms with Gasteiger partial charge in [0.1, 0.15) is 0 Å². The van der Waals surface area contributed by atoms with Gasteiger partial charge >= 0.3 is 0 Å². The molecule has 0 spiro atoms. The van der Waals surface area contributed by atoms with Crippen LogP contribution in [0.5, 0.6) is 0 Å². The van der Waals surface area contributed by atoms with Gasteiger partial charge in [0, 0.05) is 0 Å². The van der Waals surface area contributed by atoms with Crippen molar-refractivity contribution >= 4 is 0 Å². The van der Waals surface area contributed by atoms with Crippen molar-refractivity contribution in [1.82, 2.24) is 0 Å². The average molecular weight is 179 g/mol. The summed E-state index contributed by atoms with van der Waals surface area (Å²) < 4.78 is 0. The molecule has 0 saturated heterocycles. The molecule has 0 bridgehead atoms. The van der Waals surface area contributed by atoms with Gasteiger partial charge in [-0.25, -0.2) is 0 Å². The molecule has 0 aromatic carbocycles. The standard InChI is InChI=1S/C12H21N/c1-10(2)12(9-13)7-5-11(3,4)6-8-12/h10H,5-8H2,1-4H3. The summed E-state index contributed by atoms with van der Waals surface area (Å²) in [7, 11) is 0. The Balaban J connectivity index is 2.71. The third kappa shape index (κ3) is 2.05. The Morgan fingerprint density at radius 3 is 1.85 bits per heavy atom. The molecule has 0 atom stereocenters. The Labute approximate surface area is 82.1 Å². The van der Waals surface area contributed by atoms with Gasteiger partial charge < -0.3 is 0 Å². The van der Waals surface area contributed by atoms with Crippen LogP contribution < -0.4 is 0 Å². The van der Waals surface area contributed by atoms with Crippen molar-refractivity contribution in [2.45, 2.75) is 53.4 Å². The number of nitrogens with zero attached hydrogens (tertiary/aromatic N) is 1. The molecule has 0 aromatic rings. The quantitative estimate of drug-likeness (QED) is 0.601. The fourth-order valence-electron chi connectivity index (χ4n) is 2.19. The van der Waals surface area contributed by atoms with E-state index in [1.807, 2.05) is 0 Å². The van der Waals surface area contributed by atoms with Gasteiger partial charge in [-0.2, -0.15) is 5.26 Å². The van der Waals surface area contributed by atoms with Crippen LogP contribution in [0.4, 0.5) is 0 Å². The van der Waals surface area contributed by atoms with E-state index >= 15 is 0 Å². The van der Waals surface area contributed by atoms with Gasteiger partial charge in [-0.1, -0.05) is 27.7 Å². The molecule has 1 aliphatic rings. The van der Waals surface area contributed by atoms with E-state index in [1.165, 1.54) is 12.8 Å². The summed E-state index contributed by atoms with van der Waals surface area (Å²) in [6.45, 7) is 8.99. The van der Waals surface area contributed by atoms with Crippen LogP contribution in [-0.2, 0) is 0 Å². The molecule has 13 heavy (non-hydrogen) atoms. The SMILES string of the molecule is CC(C)C1(C#N)CCC(C)(C)CC1. The summed E-state index contributed by atoms with van der Waals surface area (Å²) in [6.07, 6.45) is 4.60. The molecular weight excluding hydrogens is 158 g/mol. The summed E-state index contributed by atoms with van der Waals surface area (Å²) in [5, 5.41) is 9.23. The van der Waals surface area contributed by atoms with Crippen molar-refractivity contribution < 1.29 is 0 Å². The molecular formula is C12H21N. The topological polar surface area (TPSA) is 23.8 Å². The molecule has 0 amide bonds. The van der Waals surface area contributed by atoms with E-state index in [2.05, 4.69) is 33.8 Å². The molecule has 0 heterocycles. The first-order valence-corrected chi connectivity index (χ1v) is 5.33. The van der Waals surface area contributed by atoms with E-state index < -0.39 is 0 Å². The number of rotatable bonds is 1. The van der Waals surface area contributed by atoms with Crippen LogP contribution in [0.3, 0.4) is 0 Å². The van der Waals surface area contributed by atoms with Crippen molar-refractivity contribution in [2.24, 2.45) is 16.7 Å². The van der Waals surface area contributed by atoms with Crippen molar-refractivity contribution in [2.75, 3.05) is 0 Å². The van der Waals surface area contributed by atoms with E-state index in [0.29, 0.717) is 11.3 Å². The maximum atomic E-state index is 9.23. The fourth-order valence-corrected chi connectivity index (χ4v) is 2.19. The Morgan fingerprint density at radius 1 is 1.08 bits per heavy atom. The minimum Gasteiger partial charge on any atom is -0.198 e. The zero-order valence-electron chi connectivity index (χ0n) is 9.35. The van der Waals surface area contributed by atoms with Crippen LogP contribution in [0, 0.1) is 28.1 Å². The molecule has 1 fully saturated rings. The molecule has 1 aliphatic carbocycles. The summed E-state index contributed by atoms with van der Waals surface area (Å²) in [5.41, 5.74) is 0.449. The number of hydrogen-bond donors (Lipinski definition) is 0. The van der Waals surface area contributed by atoms with Crippen LogP contribution >= 0.6 is 0 Å². The highest BCUT2D eigenvalue weighted by Gasteiger charge is 2.40. The summed E-state index contributed by atoms with van der Waals surface area (Å²) in [4.78, 5) is 0. The maximum Gasteiger partial charge on any atom is 0.0692 e. The van der Waals surface area contributed by atoms with Crippen LogP contribution in [0.2, 0.25) is 0 Å². The van der Waals surface area contributed by atoms with Gasteiger partial charge in [-0.15, -0.1) is 0 Å². The lowest BCUT2D eigenvalue weighted by Gasteiger charge is -2.41. The Kier molecular flexibility index (Phi) is 2.71. The van der Waals surface area contributed by atoms with Gasteiger partial charge in [0.2, 0.25) is 0 Å². The van der Waals surface area contributed by atoms with Crippen LogP contribution in [-0.4, -0.2) is 0 Å². The van der Waals surface area contributed by atoms with Gasteiger partial charge in [0.05, 0.1) is 11.5 Å². The maximum absolute atomic E-state index is 9.23. The molecule has 0 radical (unpaired) electrons. The molecule has 0 unspecified atom stereocenters. The monoisotopic (exact) mass is 179 g/mol. The van der Waals surface area contributed by atoms with E-state index in [4.69, 9.17) is 0 Å². The Morgan fingerprint density at radius 2 is 1.54 bits per heavy atom. The van der Waals surface area contributed by atoms with E-state index in [9.17, 15) is 5.26 Å². The zero-order valence-corrected chi connectivity index (χ0v) is 9.35. The average Bonchev–Trinajstić information content (AvgIpc) is 2.05. The lowest BCUT2D eigenvalue weighted by molar-refractivity contribution is 0.107. The van der Waals surface area contributed by atoms with Crippen LogP contribution in [0.15, 0.2) is 0 Å². The third-order valence-corrected chi connectivity index (χ3v) is 3.82. The predicted molar refractivity (Wildman–Crippen MR) is 55.1 cm³/mol. The van der Waals surface area contributed by atoms with Gasteiger partial charge in [-0.3, -0.25) is 0 Å². The molecule has 0 N–H and O–H groups in total. The van der Waals surface area contributed by atoms with E-state index in [0.717, 1.165) is 12.8 Å². The smallest absolute Gasteiger partial charge is 0.0692 e. The summed E-state index contributed by atoms with van der Waals surface area (Å²) in [5.74, 6) is 0.508. The zero-order chi connectivity index (χ0) is 10.1. The highest BCUT2D eigenvalue weighted by molar-refractivity contribution is 5.04. The van der Waals surface area contributed by atoms with Crippen LogP contribution in [0.25, 0.3) is 0 Å². The van der Waals surface area contributed by atoms with Crippen LogP contribution in [0.1, 0.15) is 53.4 Å². The molecule has 1 saturated carbocycles. The van der Waals surface area contributed by atoms with Gasteiger partial charge in [-0.05, 0) is 37.0 Å². The number of nitriles is 1. The van der Waals surface area contributed by atoms with Crippen molar-refractivity contribution in [3.8, 4) is 6.07 Å². The first-order chi connectivity index (χ1) is 5.92. The lowest BCUT2D eigenvalue weighted by atomic mass is 9.61. The minimum atomic E-state index is -0.0183. The second-order valence-electron chi connectivity index (χ2n) is 5.59. The summed E-state index contributed by atoms with van der Waals surface area (Å²) in [6, 6.07) is 2.55. The molecule has 74 valence electrons. The Hall–Kier alpha value is -0.510. The van der Waals surface area contributed by atoms with Crippen molar-refractivity contribution in [3.63, 3.8) is 0 Å². The Bertz CT molecular complexity index is 210. The van der Waals surface area contributed by atoms with Crippen molar-refractivity contribution in [3.05, 3.63) is 0 Å². The fraction of sp³-hybridized carbons (Fsp3) is 0.917. The van der Waals surface area contributed by atoms with Crippen molar-refractivity contribution in [1.29, 1.82) is 5.26 Å². The molecule has 1 heteroatoms. The highest BCUT2D eigenvalue weighted by atomic mass is 14.5. The van der Waals surface area contributed by atoms with Gasteiger partial charge in [0.15, 0.2) is 0 Å². The summed E-state index contributed by atoms with van der Waals surface area (Å²) >= 11 is 0. The second-order valence-corrected chi connectivity index (χ2v) is 5.59. The second kappa shape index (κ2) is 3.33.